The van der Waals surface area contributed by atoms with E-state index in [9.17, 15) is 0 Å². The molecular weight excluding hydrogens is 529 g/mol. The van der Waals surface area contributed by atoms with Crippen LogP contribution < -0.4 is 15.4 Å². The summed E-state index contributed by atoms with van der Waals surface area (Å²) in [5, 5.41) is 6.88. The number of nitrogens with zero attached hydrogens (tertiary/aromatic N) is 3. The van der Waals surface area contributed by atoms with Crippen molar-refractivity contribution < 1.29 is 9.47 Å². The summed E-state index contributed by atoms with van der Waals surface area (Å²) >= 11 is 0. The highest BCUT2D eigenvalue weighted by molar-refractivity contribution is 14.0. The van der Waals surface area contributed by atoms with E-state index in [1.165, 1.54) is 38.2 Å². The van der Waals surface area contributed by atoms with Gasteiger partial charge in [0.15, 0.2) is 5.96 Å². The Balaban J connectivity index is 0.00000385. The fourth-order valence-electron chi connectivity index (χ4n) is 4.19. The molecule has 7 nitrogen and oxygen atoms in total. The van der Waals surface area contributed by atoms with Crippen LogP contribution in [0.5, 0.6) is 5.75 Å². The number of guanidine groups is 1. The van der Waals surface area contributed by atoms with Crippen molar-refractivity contribution in [1.29, 1.82) is 0 Å². The summed E-state index contributed by atoms with van der Waals surface area (Å²) < 4.78 is 11.7. The lowest BCUT2D eigenvalue weighted by Gasteiger charge is -2.20. The van der Waals surface area contributed by atoms with Crippen LogP contribution in [0, 0.1) is 12.8 Å². The van der Waals surface area contributed by atoms with E-state index >= 15 is 0 Å². The maximum atomic E-state index is 6.18. The molecule has 1 aromatic carbocycles. The largest absolute Gasteiger partial charge is 0.493 e. The number of benzene rings is 1. The van der Waals surface area contributed by atoms with Crippen molar-refractivity contribution in [2.24, 2.45) is 10.9 Å². The quantitative estimate of drug-likeness (QED) is 0.194. The second-order valence-electron chi connectivity index (χ2n) is 9.13. The van der Waals surface area contributed by atoms with Crippen molar-refractivity contribution in [2.75, 3.05) is 72.7 Å². The second kappa shape index (κ2) is 15.7. The second-order valence-corrected chi connectivity index (χ2v) is 9.13. The van der Waals surface area contributed by atoms with Gasteiger partial charge in [0, 0.05) is 44.3 Å². The molecule has 0 radical (unpaired) electrons. The summed E-state index contributed by atoms with van der Waals surface area (Å²) in [6, 6.07) is 6.40. The normalized spacial score (nSPS) is 20.2. The van der Waals surface area contributed by atoms with Crippen LogP contribution in [0.1, 0.15) is 37.3 Å². The van der Waals surface area contributed by atoms with Gasteiger partial charge in [0.1, 0.15) is 5.75 Å². The van der Waals surface area contributed by atoms with Gasteiger partial charge < -0.3 is 29.9 Å². The number of aryl methyl sites for hydroxylation is 1. The van der Waals surface area contributed by atoms with Gasteiger partial charge in [-0.05, 0) is 71.4 Å². The predicted octanol–water partition coefficient (Wildman–Crippen LogP) is 3.11. The maximum Gasteiger partial charge on any atom is 0.191 e. The number of ether oxygens (including phenoxy) is 2. The Morgan fingerprint density at radius 3 is 2.88 bits per heavy atom. The van der Waals surface area contributed by atoms with Gasteiger partial charge in [-0.25, -0.2) is 4.99 Å². The Morgan fingerprint density at radius 2 is 2.09 bits per heavy atom. The first-order valence-corrected chi connectivity index (χ1v) is 12.4. The molecule has 0 bridgehead atoms. The summed E-state index contributed by atoms with van der Waals surface area (Å²) in [6.07, 6.45) is 3.47. The van der Waals surface area contributed by atoms with Gasteiger partial charge >= 0.3 is 0 Å². The molecular formula is C25H44IN5O2. The fourth-order valence-corrected chi connectivity index (χ4v) is 4.19. The summed E-state index contributed by atoms with van der Waals surface area (Å²) in [6.45, 7) is 14.9. The van der Waals surface area contributed by atoms with Gasteiger partial charge in [0.2, 0.25) is 0 Å². The number of halogens is 1. The van der Waals surface area contributed by atoms with Crippen LogP contribution in [-0.4, -0.2) is 88.4 Å². The molecule has 2 aliphatic rings. The van der Waals surface area contributed by atoms with E-state index in [0.29, 0.717) is 19.1 Å². The molecule has 2 N–H and O–H groups in total. The first-order valence-electron chi connectivity index (χ1n) is 12.4. The minimum absolute atomic E-state index is 0. The molecule has 0 amide bonds. The Hall–Kier alpha value is -1.10. The molecule has 2 saturated heterocycles. The zero-order valence-electron chi connectivity index (χ0n) is 20.8. The van der Waals surface area contributed by atoms with E-state index in [2.05, 4.69) is 59.5 Å². The van der Waals surface area contributed by atoms with Crippen LogP contribution in [0.3, 0.4) is 0 Å². The number of nitrogens with one attached hydrogen (secondary N) is 2. The van der Waals surface area contributed by atoms with Crippen molar-refractivity contribution in [3.05, 3.63) is 29.3 Å². The standard InChI is InChI=1S/C25H43N5O2.HI/c1-4-26-25(27-10-5-12-30-13-6-11-29(3)14-15-30)28-18-23-8-7-21(2)17-24(23)32-20-22-9-16-31-19-22;/h7-8,17,22H,4-6,9-16,18-20H2,1-3H3,(H2,26,27,28);1H. The Kier molecular flexibility index (Phi) is 13.4. The molecule has 1 atom stereocenters. The number of hydrogen-bond acceptors (Lipinski definition) is 5. The van der Waals surface area contributed by atoms with Crippen LogP contribution in [0.15, 0.2) is 23.2 Å². The molecule has 2 fully saturated rings. The number of hydrogen-bond donors (Lipinski definition) is 2. The average molecular weight is 574 g/mol. The first-order chi connectivity index (χ1) is 15.6. The van der Waals surface area contributed by atoms with Gasteiger partial charge in [0.05, 0.1) is 19.8 Å². The maximum absolute atomic E-state index is 6.18. The number of likely N-dealkylation sites (N-methyl/N-ethyl adjacent to an activating group) is 1. The molecule has 0 spiro atoms. The SMILES string of the molecule is CCNC(=NCc1ccc(C)cc1OCC1CCOC1)NCCCN1CCCN(C)CC1.I. The van der Waals surface area contributed by atoms with E-state index < -0.39 is 0 Å². The van der Waals surface area contributed by atoms with Crippen molar-refractivity contribution in [1.82, 2.24) is 20.4 Å². The number of rotatable bonds is 10. The third-order valence-electron chi connectivity index (χ3n) is 6.23. The zero-order chi connectivity index (χ0) is 22.6. The number of aliphatic imine (C=N–C) groups is 1. The Labute approximate surface area is 217 Å². The van der Waals surface area contributed by atoms with Gasteiger partial charge in [-0.1, -0.05) is 12.1 Å². The minimum Gasteiger partial charge on any atom is -0.493 e. The van der Waals surface area contributed by atoms with Gasteiger partial charge in [-0.2, -0.15) is 0 Å². The van der Waals surface area contributed by atoms with Crippen LogP contribution >= 0.6 is 24.0 Å². The Bertz CT molecular complexity index is 712. The van der Waals surface area contributed by atoms with Gasteiger partial charge in [-0.15, -0.1) is 24.0 Å². The van der Waals surface area contributed by atoms with Gasteiger partial charge in [-0.3, -0.25) is 0 Å². The summed E-state index contributed by atoms with van der Waals surface area (Å²) in [5.74, 6) is 2.32. The summed E-state index contributed by atoms with van der Waals surface area (Å²) in [4.78, 5) is 9.85. The lowest BCUT2D eigenvalue weighted by atomic mass is 10.1. The molecule has 33 heavy (non-hydrogen) atoms. The van der Waals surface area contributed by atoms with Gasteiger partial charge in [0.25, 0.3) is 0 Å². The third-order valence-corrected chi connectivity index (χ3v) is 6.23. The van der Waals surface area contributed by atoms with Crippen LogP contribution in [-0.2, 0) is 11.3 Å². The Morgan fingerprint density at radius 1 is 1.21 bits per heavy atom. The predicted molar refractivity (Wildman–Crippen MR) is 147 cm³/mol. The smallest absolute Gasteiger partial charge is 0.191 e. The van der Waals surface area contributed by atoms with Crippen LogP contribution in [0.25, 0.3) is 0 Å². The molecule has 8 heteroatoms. The van der Waals surface area contributed by atoms with E-state index in [0.717, 1.165) is 63.0 Å². The molecule has 2 heterocycles. The highest BCUT2D eigenvalue weighted by atomic mass is 127. The zero-order valence-corrected chi connectivity index (χ0v) is 23.1. The van der Waals surface area contributed by atoms with E-state index in [1.54, 1.807) is 0 Å². The molecule has 0 saturated carbocycles. The fraction of sp³-hybridized carbons (Fsp3) is 0.720. The summed E-state index contributed by atoms with van der Waals surface area (Å²) in [5.41, 5.74) is 2.33. The van der Waals surface area contributed by atoms with Crippen molar-refractivity contribution >= 4 is 29.9 Å². The van der Waals surface area contributed by atoms with E-state index in [1.807, 2.05) is 0 Å². The van der Waals surface area contributed by atoms with Crippen molar-refractivity contribution in [3.8, 4) is 5.75 Å². The average Bonchev–Trinajstić information content (AvgIpc) is 3.22. The molecule has 0 aliphatic carbocycles. The lowest BCUT2D eigenvalue weighted by molar-refractivity contribution is 0.166. The van der Waals surface area contributed by atoms with E-state index in [4.69, 9.17) is 14.5 Å². The molecule has 0 aromatic heterocycles. The molecule has 2 aliphatic heterocycles. The molecule has 1 aromatic rings. The minimum atomic E-state index is 0. The highest BCUT2D eigenvalue weighted by Crippen LogP contribution is 2.23. The molecule has 188 valence electrons. The summed E-state index contributed by atoms with van der Waals surface area (Å²) in [7, 11) is 2.22. The van der Waals surface area contributed by atoms with Crippen LogP contribution in [0.4, 0.5) is 0 Å². The third kappa shape index (κ3) is 10.4. The first kappa shape index (κ1) is 28.1. The molecule has 3 rings (SSSR count). The molecule has 1 unspecified atom stereocenters. The van der Waals surface area contributed by atoms with Crippen molar-refractivity contribution in [3.63, 3.8) is 0 Å². The van der Waals surface area contributed by atoms with Crippen molar-refractivity contribution in [2.45, 2.75) is 39.7 Å². The topological polar surface area (TPSA) is 61.4 Å². The highest BCUT2D eigenvalue weighted by Gasteiger charge is 2.17. The monoisotopic (exact) mass is 573 g/mol. The lowest BCUT2D eigenvalue weighted by Crippen LogP contribution is -2.39. The van der Waals surface area contributed by atoms with Crippen LogP contribution in [0.2, 0.25) is 0 Å². The van der Waals surface area contributed by atoms with E-state index in [-0.39, 0.29) is 24.0 Å².